The molecule has 4 nitrogen and oxygen atoms in total. The standard InChI is InChI=1S/C22H23F3N2O2/c1-5-9-19(29-17-10-7-6-8-11-17)20(22(23,24)25)21(28-4)27-16(3)18-13-12-15(2)14-26-18/h6-14H,5H2,1-4H3/b19-9-,21-20-,27-16?. The van der Waals surface area contributed by atoms with E-state index in [1.165, 1.54) is 6.08 Å². The largest absolute Gasteiger partial charge is 0.480 e. The van der Waals surface area contributed by atoms with Crippen LogP contribution in [0.3, 0.4) is 0 Å². The molecule has 0 aliphatic heterocycles. The Labute approximate surface area is 168 Å². The topological polar surface area (TPSA) is 43.7 Å². The van der Waals surface area contributed by atoms with Crippen molar-refractivity contribution in [2.45, 2.75) is 33.4 Å². The molecule has 0 saturated heterocycles. The van der Waals surface area contributed by atoms with Gasteiger partial charge in [-0.25, -0.2) is 4.99 Å². The third-order valence-corrected chi connectivity index (χ3v) is 3.85. The maximum atomic E-state index is 14.0. The molecule has 1 heterocycles. The fourth-order valence-electron chi connectivity index (χ4n) is 2.46. The molecule has 0 amide bonds. The van der Waals surface area contributed by atoms with Gasteiger partial charge in [0.15, 0.2) is 5.57 Å². The van der Waals surface area contributed by atoms with Crippen molar-refractivity contribution in [2.24, 2.45) is 4.99 Å². The number of pyridine rings is 1. The molecule has 0 radical (unpaired) electrons. The zero-order chi connectivity index (χ0) is 21.4. The zero-order valence-electron chi connectivity index (χ0n) is 16.7. The molecule has 0 aliphatic rings. The summed E-state index contributed by atoms with van der Waals surface area (Å²) in [4.78, 5) is 8.28. The minimum absolute atomic E-state index is 0.283. The molecule has 0 unspecified atom stereocenters. The number of alkyl halides is 3. The average molecular weight is 404 g/mol. The Morgan fingerprint density at radius 1 is 1.14 bits per heavy atom. The van der Waals surface area contributed by atoms with Crippen molar-refractivity contribution < 1.29 is 22.6 Å². The van der Waals surface area contributed by atoms with Crippen LogP contribution >= 0.6 is 0 Å². The maximum absolute atomic E-state index is 14.0. The predicted octanol–water partition coefficient (Wildman–Crippen LogP) is 5.99. The molecule has 0 N–H and O–H groups in total. The van der Waals surface area contributed by atoms with E-state index < -0.39 is 17.6 Å². The molecule has 0 fully saturated rings. The molecule has 7 heteroatoms. The van der Waals surface area contributed by atoms with Crippen LogP contribution in [0, 0.1) is 6.92 Å². The Balaban J connectivity index is 2.58. The van der Waals surface area contributed by atoms with Gasteiger partial charge in [-0.2, -0.15) is 13.2 Å². The first-order valence-electron chi connectivity index (χ1n) is 9.03. The lowest BCUT2D eigenvalue weighted by Gasteiger charge is -2.18. The second-order valence-corrected chi connectivity index (χ2v) is 6.19. The molecule has 154 valence electrons. The van der Waals surface area contributed by atoms with Crippen molar-refractivity contribution in [3.63, 3.8) is 0 Å². The van der Waals surface area contributed by atoms with Gasteiger partial charge in [0.2, 0.25) is 5.88 Å². The van der Waals surface area contributed by atoms with Gasteiger partial charge >= 0.3 is 6.18 Å². The Morgan fingerprint density at radius 2 is 1.83 bits per heavy atom. The van der Waals surface area contributed by atoms with Crippen molar-refractivity contribution in [3.8, 4) is 5.75 Å². The van der Waals surface area contributed by atoms with Gasteiger partial charge < -0.3 is 9.47 Å². The van der Waals surface area contributed by atoms with Gasteiger partial charge in [-0.1, -0.05) is 31.2 Å². The Kier molecular flexibility index (Phi) is 7.59. The minimum atomic E-state index is -4.74. The van der Waals surface area contributed by atoms with E-state index in [0.29, 0.717) is 17.8 Å². The first-order chi connectivity index (χ1) is 13.8. The monoisotopic (exact) mass is 404 g/mol. The number of aromatic nitrogens is 1. The van der Waals surface area contributed by atoms with E-state index >= 15 is 0 Å². The molecule has 0 saturated carbocycles. The number of methoxy groups -OCH3 is 1. The van der Waals surface area contributed by atoms with E-state index in [2.05, 4.69) is 9.98 Å². The van der Waals surface area contributed by atoms with E-state index in [4.69, 9.17) is 9.47 Å². The van der Waals surface area contributed by atoms with Gasteiger partial charge in [0.05, 0.1) is 18.5 Å². The molecule has 29 heavy (non-hydrogen) atoms. The lowest BCUT2D eigenvalue weighted by Crippen LogP contribution is -2.20. The van der Waals surface area contributed by atoms with E-state index in [-0.39, 0.29) is 11.5 Å². The normalized spacial score (nSPS) is 13.8. The SMILES string of the molecule is CC/C=C(Oc1ccccc1)/C(=C(\N=C(C)c1ccc(C)cn1)OC)C(F)(F)F. The van der Waals surface area contributed by atoms with Crippen molar-refractivity contribution in [1.82, 2.24) is 4.98 Å². The number of ether oxygens (including phenoxy) is 2. The van der Waals surface area contributed by atoms with Crippen LogP contribution in [0.5, 0.6) is 5.75 Å². The number of benzene rings is 1. The van der Waals surface area contributed by atoms with Crippen LogP contribution in [-0.2, 0) is 4.74 Å². The minimum Gasteiger partial charge on any atom is -0.480 e. The molecule has 1 aromatic carbocycles. The lowest BCUT2D eigenvalue weighted by atomic mass is 10.1. The molecule has 0 bridgehead atoms. The number of nitrogens with zero attached hydrogens (tertiary/aromatic N) is 2. The van der Waals surface area contributed by atoms with Gasteiger partial charge in [0.25, 0.3) is 0 Å². The zero-order valence-corrected chi connectivity index (χ0v) is 16.7. The summed E-state index contributed by atoms with van der Waals surface area (Å²) in [6, 6.07) is 11.8. The summed E-state index contributed by atoms with van der Waals surface area (Å²) in [5.41, 5.74) is 0.595. The molecular weight excluding hydrogens is 381 g/mol. The first kappa shape index (κ1) is 22.2. The van der Waals surface area contributed by atoms with Gasteiger partial charge in [0.1, 0.15) is 11.5 Å². The number of aliphatic imine (C=N–C) groups is 1. The summed E-state index contributed by atoms with van der Waals surface area (Å²) >= 11 is 0. The highest BCUT2D eigenvalue weighted by atomic mass is 19.4. The average Bonchev–Trinajstić information content (AvgIpc) is 2.67. The predicted molar refractivity (Wildman–Crippen MR) is 107 cm³/mol. The van der Waals surface area contributed by atoms with Crippen LogP contribution in [0.15, 0.2) is 76.9 Å². The quantitative estimate of drug-likeness (QED) is 0.323. The number of para-hydroxylation sites is 1. The molecule has 0 spiro atoms. The summed E-state index contributed by atoms with van der Waals surface area (Å²) in [6.07, 6.45) is -1.44. The number of hydrogen-bond acceptors (Lipinski definition) is 4. The highest BCUT2D eigenvalue weighted by Crippen LogP contribution is 2.36. The Morgan fingerprint density at radius 3 is 2.34 bits per heavy atom. The number of hydrogen-bond donors (Lipinski definition) is 0. The molecule has 2 rings (SSSR count). The van der Waals surface area contributed by atoms with Crippen molar-refractivity contribution in [2.75, 3.05) is 7.11 Å². The van der Waals surface area contributed by atoms with Crippen LogP contribution in [0.1, 0.15) is 31.5 Å². The molecule has 0 atom stereocenters. The summed E-state index contributed by atoms with van der Waals surface area (Å²) in [5, 5.41) is 0. The number of aryl methyl sites for hydroxylation is 1. The fourth-order valence-corrected chi connectivity index (χ4v) is 2.46. The van der Waals surface area contributed by atoms with Gasteiger partial charge in [-0.05, 0) is 50.1 Å². The van der Waals surface area contributed by atoms with Crippen molar-refractivity contribution in [1.29, 1.82) is 0 Å². The van der Waals surface area contributed by atoms with Gasteiger partial charge in [-0.3, -0.25) is 4.98 Å². The molecule has 2 aromatic rings. The van der Waals surface area contributed by atoms with E-state index in [0.717, 1.165) is 12.7 Å². The van der Waals surface area contributed by atoms with Crippen LogP contribution in [0.4, 0.5) is 13.2 Å². The second-order valence-electron chi connectivity index (χ2n) is 6.19. The highest BCUT2D eigenvalue weighted by Gasteiger charge is 2.41. The maximum Gasteiger partial charge on any atom is 0.425 e. The van der Waals surface area contributed by atoms with Crippen LogP contribution < -0.4 is 4.74 Å². The molecule has 0 aliphatic carbocycles. The summed E-state index contributed by atoms with van der Waals surface area (Å²) < 4.78 is 52.6. The van der Waals surface area contributed by atoms with Crippen LogP contribution in [0.2, 0.25) is 0 Å². The number of allylic oxidation sites excluding steroid dienone is 2. The van der Waals surface area contributed by atoms with Gasteiger partial charge in [0, 0.05) is 6.20 Å². The van der Waals surface area contributed by atoms with E-state index in [1.54, 1.807) is 56.4 Å². The van der Waals surface area contributed by atoms with E-state index in [1.807, 2.05) is 13.0 Å². The summed E-state index contributed by atoms with van der Waals surface area (Å²) in [7, 11) is 1.15. The summed E-state index contributed by atoms with van der Waals surface area (Å²) in [5.74, 6) is -0.672. The molecular formula is C22H23F3N2O2. The fraction of sp³-hybridized carbons (Fsp3) is 0.273. The molecule has 1 aromatic heterocycles. The second kappa shape index (κ2) is 9.91. The Hall–Kier alpha value is -3.09. The van der Waals surface area contributed by atoms with Crippen molar-refractivity contribution >= 4 is 5.71 Å². The third kappa shape index (κ3) is 6.20. The smallest absolute Gasteiger partial charge is 0.425 e. The van der Waals surface area contributed by atoms with Crippen LogP contribution in [0.25, 0.3) is 0 Å². The Bertz CT molecular complexity index is 900. The first-order valence-corrected chi connectivity index (χ1v) is 9.03. The summed E-state index contributed by atoms with van der Waals surface area (Å²) in [6.45, 7) is 5.17. The van der Waals surface area contributed by atoms with Crippen LogP contribution in [-0.4, -0.2) is 24.0 Å². The van der Waals surface area contributed by atoms with Gasteiger partial charge in [-0.15, -0.1) is 0 Å². The third-order valence-electron chi connectivity index (χ3n) is 3.85. The highest BCUT2D eigenvalue weighted by molar-refractivity contribution is 5.97. The number of halogens is 3. The lowest BCUT2D eigenvalue weighted by molar-refractivity contribution is -0.0953. The van der Waals surface area contributed by atoms with Crippen molar-refractivity contribution in [3.05, 3.63) is 83.2 Å². The number of rotatable bonds is 7. The van der Waals surface area contributed by atoms with E-state index in [9.17, 15) is 13.2 Å².